The van der Waals surface area contributed by atoms with Crippen LogP contribution >= 0.6 is 0 Å². The fourth-order valence-electron chi connectivity index (χ4n) is 2.12. The van der Waals surface area contributed by atoms with Crippen LogP contribution in [0.15, 0.2) is 11.2 Å². The van der Waals surface area contributed by atoms with Crippen LogP contribution in [0.2, 0.25) is 0 Å². The van der Waals surface area contributed by atoms with E-state index in [1.54, 1.807) is 0 Å². The number of hydrogen-bond donors (Lipinski definition) is 2. The number of hydrogen-bond acceptors (Lipinski definition) is 5. The third-order valence-corrected chi connectivity index (χ3v) is 3.44. The van der Waals surface area contributed by atoms with Crippen LogP contribution < -0.4 is 10.6 Å². The number of amidine groups is 1. The van der Waals surface area contributed by atoms with Gasteiger partial charge in [0.15, 0.2) is 0 Å². The summed E-state index contributed by atoms with van der Waals surface area (Å²) in [6.45, 7) is 6.93. The number of nitrogens with zero attached hydrogens (tertiary/aromatic N) is 4. The monoisotopic (exact) mass is 277 g/mol. The minimum Gasteiger partial charge on any atom is -0.409 e. The van der Waals surface area contributed by atoms with E-state index in [1.807, 2.05) is 13.0 Å². The van der Waals surface area contributed by atoms with Crippen molar-refractivity contribution in [3.8, 4) is 0 Å². The predicted molar refractivity (Wildman–Crippen MR) is 79.3 cm³/mol. The van der Waals surface area contributed by atoms with Gasteiger partial charge in [-0.25, -0.2) is 9.97 Å². The topological polar surface area (TPSA) is 87.6 Å². The average molecular weight is 277 g/mol. The summed E-state index contributed by atoms with van der Waals surface area (Å²) in [5, 5.41) is 11.7. The lowest BCUT2D eigenvalue weighted by atomic mass is 10.1. The number of oxime groups is 1. The summed E-state index contributed by atoms with van der Waals surface area (Å²) in [4.78, 5) is 11.4. The Hall–Kier alpha value is -1.85. The van der Waals surface area contributed by atoms with E-state index in [1.165, 1.54) is 0 Å². The smallest absolute Gasteiger partial charge is 0.226 e. The molecule has 1 saturated carbocycles. The number of nitrogens with two attached hydrogens (primary N) is 1. The summed E-state index contributed by atoms with van der Waals surface area (Å²) in [6, 6.07) is 2.52. The second-order valence-electron chi connectivity index (χ2n) is 5.65. The SMILES string of the molecule is Cc1cc(C(C)C)nc(N(CC/C(N)=N/O)C2CC2)n1. The summed E-state index contributed by atoms with van der Waals surface area (Å²) in [5.41, 5.74) is 7.60. The minimum atomic E-state index is 0.243. The van der Waals surface area contributed by atoms with Gasteiger partial charge in [0.2, 0.25) is 5.95 Å². The second kappa shape index (κ2) is 6.07. The van der Waals surface area contributed by atoms with E-state index in [-0.39, 0.29) is 5.84 Å². The molecule has 1 aliphatic carbocycles. The van der Waals surface area contributed by atoms with Gasteiger partial charge in [0.25, 0.3) is 0 Å². The Morgan fingerprint density at radius 3 is 2.75 bits per heavy atom. The molecule has 1 aromatic rings. The van der Waals surface area contributed by atoms with Gasteiger partial charge in [-0.3, -0.25) is 0 Å². The van der Waals surface area contributed by atoms with Crippen LogP contribution in [-0.4, -0.2) is 33.6 Å². The van der Waals surface area contributed by atoms with Gasteiger partial charge in [0.05, 0.1) is 0 Å². The van der Waals surface area contributed by atoms with Crippen molar-refractivity contribution < 1.29 is 5.21 Å². The quantitative estimate of drug-likeness (QED) is 0.359. The Morgan fingerprint density at radius 2 is 2.20 bits per heavy atom. The van der Waals surface area contributed by atoms with E-state index in [0.717, 1.165) is 30.2 Å². The first-order valence-corrected chi connectivity index (χ1v) is 7.10. The zero-order valence-electron chi connectivity index (χ0n) is 12.4. The average Bonchev–Trinajstić information content (AvgIpc) is 3.22. The first-order chi connectivity index (χ1) is 9.51. The Labute approximate surface area is 119 Å². The highest BCUT2D eigenvalue weighted by atomic mass is 16.4. The molecule has 0 amide bonds. The van der Waals surface area contributed by atoms with E-state index >= 15 is 0 Å². The first kappa shape index (κ1) is 14.6. The molecule has 0 bridgehead atoms. The Bertz CT molecular complexity index is 496. The van der Waals surface area contributed by atoms with Gasteiger partial charge in [-0.05, 0) is 31.7 Å². The Kier molecular flexibility index (Phi) is 4.42. The van der Waals surface area contributed by atoms with Crippen molar-refractivity contribution in [1.29, 1.82) is 0 Å². The second-order valence-corrected chi connectivity index (χ2v) is 5.65. The molecule has 0 saturated heterocycles. The number of aryl methyl sites for hydroxylation is 1. The van der Waals surface area contributed by atoms with Crippen molar-refractivity contribution in [3.05, 3.63) is 17.5 Å². The standard InChI is InChI=1S/C14H23N5O/c1-9(2)12-8-10(3)16-14(17-12)19(11-4-5-11)7-6-13(15)18-20/h8-9,11,20H,4-7H2,1-3H3,(H2,15,18). The molecule has 110 valence electrons. The van der Waals surface area contributed by atoms with Crippen molar-refractivity contribution in [2.75, 3.05) is 11.4 Å². The fraction of sp³-hybridized carbons (Fsp3) is 0.643. The molecule has 6 heteroatoms. The van der Waals surface area contributed by atoms with Crippen LogP contribution in [0.25, 0.3) is 0 Å². The first-order valence-electron chi connectivity index (χ1n) is 7.10. The van der Waals surface area contributed by atoms with E-state index < -0.39 is 0 Å². The molecule has 0 spiro atoms. The third-order valence-electron chi connectivity index (χ3n) is 3.44. The minimum absolute atomic E-state index is 0.243. The number of anilines is 1. The summed E-state index contributed by atoms with van der Waals surface area (Å²) in [6.07, 6.45) is 2.83. The van der Waals surface area contributed by atoms with Gasteiger partial charge >= 0.3 is 0 Å². The molecule has 0 atom stereocenters. The van der Waals surface area contributed by atoms with Gasteiger partial charge < -0.3 is 15.8 Å². The van der Waals surface area contributed by atoms with Gasteiger partial charge in [-0.1, -0.05) is 19.0 Å². The largest absolute Gasteiger partial charge is 0.409 e. The van der Waals surface area contributed by atoms with Crippen LogP contribution in [0.4, 0.5) is 5.95 Å². The molecular weight excluding hydrogens is 254 g/mol. The zero-order valence-corrected chi connectivity index (χ0v) is 12.4. The van der Waals surface area contributed by atoms with Crippen molar-refractivity contribution in [1.82, 2.24) is 9.97 Å². The molecule has 6 nitrogen and oxygen atoms in total. The molecule has 3 N–H and O–H groups in total. The molecule has 0 aromatic carbocycles. The van der Waals surface area contributed by atoms with E-state index in [2.05, 4.69) is 33.9 Å². The van der Waals surface area contributed by atoms with Gasteiger partial charge in [-0.2, -0.15) is 0 Å². The van der Waals surface area contributed by atoms with E-state index in [0.29, 0.717) is 24.9 Å². The molecule has 0 unspecified atom stereocenters. The molecule has 1 aromatic heterocycles. The van der Waals surface area contributed by atoms with E-state index in [4.69, 9.17) is 10.9 Å². The highest BCUT2D eigenvalue weighted by Crippen LogP contribution is 2.30. The summed E-state index contributed by atoms with van der Waals surface area (Å²) in [5.74, 6) is 1.38. The molecule has 2 rings (SSSR count). The zero-order chi connectivity index (χ0) is 14.7. The van der Waals surface area contributed by atoms with Gasteiger partial charge in [0.1, 0.15) is 5.84 Å². The molecular formula is C14H23N5O. The maximum Gasteiger partial charge on any atom is 0.226 e. The molecule has 1 aliphatic rings. The molecule has 1 fully saturated rings. The predicted octanol–water partition coefficient (Wildman–Crippen LogP) is 2.01. The van der Waals surface area contributed by atoms with Gasteiger partial charge in [-0.15, -0.1) is 0 Å². The number of aromatic nitrogens is 2. The number of rotatable bonds is 6. The van der Waals surface area contributed by atoms with Crippen LogP contribution in [0.1, 0.15) is 50.4 Å². The molecule has 20 heavy (non-hydrogen) atoms. The summed E-state index contributed by atoms with van der Waals surface area (Å²) in [7, 11) is 0. The third kappa shape index (κ3) is 3.59. The summed E-state index contributed by atoms with van der Waals surface area (Å²) < 4.78 is 0. The molecule has 0 radical (unpaired) electrons. The lowest BCUT2D eigenvalue weighted by molar-refractivity contribution is 0.317. The normalized spacial score (nSPS) is 15.7. The van der Waals surface area contributed by atoms with Crippen LogP contribution in [-0.2, 0) is 0 Å². The lowest BCUT2D eigenvalue weighted by Crippen LogP contribution is -2.32. The van der Waals surface area contributed by atoms with Crippen molar-refractivity contribution in [2.45, 2.75) is 52.0 Å². The van der Waals surface area contributed by atoms with Crippen molar-refractivity contribution in [2.24, 2.45) is 10.9 Å². The maximum atomic E-state index is 8.65. The van der Waals surface area contributed by atoms with Crippen LogP contribution in [0.5, 0.6) is 0 Å². The summed E-state index contributed by atoms with van der Waals surface area (Å²) >= 11 is 0. The fourth-order valence-corrected chi connectivity index (χ4v) is 2.12. The van der Waals surface area contributed by atoms with Crippen LogP contribution in [0, 0.1) is 6.92 Å². The Morgan fingerprint density at radius 1 is 1.50 bits per heavy atom. The molecule has 0 aliphatic heterocycles. The van der Waals surface area contributed by atoms with Gasteiger partial charge in [0, 0.05) is 30.4 Å². The van der Waals surface area contributed by atoms with Crippen molar-refractivity contribution >= 4 is 11.8 Å². The molecule has 1 heterocycles. The maximum absolute atomic E-state index is 8.65. The highest BCUT2D eigenvalue weighted by Gasteiger charge is 2.31. The van der Waals surface area contributed by atoms with E-state index in [9.17, 15) is 0 Å². The van der Waals surface area contributed by atoms with Crippen LogP contribution in [0.3, 0.4) is 0 Å². The lowest BCUT2D eigenvalue weighted by Gasteiger charge is -2.23. The highest BCUT2D eigenvalue weighted by molar-refractivity contribution is 5.80. The Balaban J connectivity index is 2.20. The van der Waals surface area contributed by atoms with Crippen molar-refractivity contribution in [3.63, 3.8) is 0 Å².